The molecule has 8 nitrogen and oxygen atoms in total. The normalized spacial score (nSPS) is 17.9. The van der Waals surface area contributed by atoms with Gasteiger partial charge in [-0.2, -0.15) is 0 Å². The molecular weight excluding hydrogens is 586 g/mol. The van der Waals surface area contributed by atoms with Crippen molar-refractivity contribution >= 4 is 39.6 Å². The van der Waals surface area contributed by atoms with Crippen molar-refractivity contribution in [3.05, 3.63) is 70.8 Å². The monoisotopic (exact) mass is 625 g/mol. The topological polar surface area (TPSA) is 96.0 Å². The fourth-order valence-electron chi connectivity index (χ4n) is 5.40. The van der Waals surface area contributed by atoms with Gasteiger partial charge in [-0.05, 0) is 49.9 Å². The van der Waals surface area contributed by atoms with E-state index >= 15 is 0 Å². The molecule has 0 radical (unpaired) electrons. The minimum Gasteiger partial charge on any atom is -0.376 e. The fourth-order valence-corrected chi connectivity index (χ4v) is 5.80. The van der Waals surface area contributed by atoms with Gasteiger partial charge in [-0.1, -0.05) is 72.3 Å². The van der Waals surface area contributed by atoms with E-state index in [1.807, 2.05) is 0 Å². The predicted octanol–water partition coefficient (Wildman–Crippen LogP) is 5.46. The van der Waals surface area contributed by atoms with Crippen LogP contribution in [0.3, 0.4) is 0 Å². The molecule has 0 aliphatic carbocycles. The van der Waals surface area contributed by atoms with Crippen LogP contribution < -0.4 is 5.32 Å². The van der Waals surface area contributed by atoms with Crippen LogP contribution in [-0.4, -0.2) is 77.6 Å². The molecule has 1 unspecified atom stereocenters. The molecule has 41 heavy (non-hydrogen) atoms. The SMILES string of the molecule is O=C1c2ccccc2C(=O)N1CCCCCCBr.O=C1c2ccccc2C(=O)N1CCCCCCC1CNCCO1. The van der Waals surface area contributed by atoms with E-state index < -0.39 is 0 Å². The van der Waals surface area contributed by atoms with E-state index in [9.17, 15) is 19.2 Å². The van der Waals surface area contributed by atoms with Crippen LogP contribution in [0.4, 0.5) is 0 Å². The first-order valence-electron chi connectivity index (χ1n) is 14.8. The van der Waals surface area contributed by atoms with E-state index in [1.54, 1.807) is 48.5 Å². The number of hydrogen-bond acceptors (Lipinski definition) is 6. The highest BCUT2D eigenvalue weighted by atomic mass is 79.9. The van der Waals surface area contributed by atoms with Crippen LogP contribution in [0, 0.1) is 0 Å². The second-order valence-corrected chi connectivity index (χ2v) is 11.4. The van der Waals surface area contributed by atoms with Crippen molar-refractivity contribution in [2.24, 2.45) is 0 Å². The highest BCUT2D eigenvalue weighted by molar-refractivity contribution is 9.09. The summed E-state index contributed by atoms with van der Waals surface area (Å²) in [6, 6.07) is 14.1. The number of nitrogens with zero attached hydrogens (tertiary/aromatic N) is 2. The third kappa shape index (κ3) is 8.11. The van der Waals surface area contributed by atoms with E-state index in [0.29, 0.717) is 41.4 Å². The number of benzene rings is 2. The number of halogens is 1. The number of carbonyl (C=O) groups excluding carboxylic acids is 4. The van der Waals surface area contributed by atoms with Crippen LogP contribution in [-0.2, 0) is 4.74 Å². The van der Waals surface area contributed by atoms with Crippen LogP contribution in [0.15, 0.2) is 48.5 Å². The predicted molar refractivity (Wildman–Crippen MR) is 162 cm³/mol. The first-order valence-corrected chi connectivity index (χ1v) is 15.9. The van der Waals surface area contributed by atoms with Gasteiger partial charge in [-0.25, -0.2) is 0 Å². The van der Waals surface area contributed by atoms with Crippen molar-refractivity contribution in [2.45, 2.75) is 63.9 Å². The number of imide groups is 2. The number of hydrogen-bond donors (Lipinski definition) is 1. The van der Waals surface area contributed by atoms with Crippen LogP contribution in [0.25, 0.3) is 0 Å². The highest BCUT2D eigenvalue weighted by Crippen LogP contribution is 2.24. The third-order valence-electron chi connectivity index (χ3n) is 7.68. The minimum absolute atomic E-state index is 0.143. The number of rotatable bonds is 13. The summed E-state index contributed by atoms with van der Waals surface area (Å²) in [7, 11) is 0. The molecule has 1 fully saturated rings. The van der Waals surface area contributed by atoms with Gasteiger partial charge in [0, 0.05) is 31.5 Å². The standard InChI is InChI=1S/C18H24N2O3.C14H16BrNO2/c21-17-15-8-4-5-9-16(15)18(22)20(17)11-6-2-1-3-7-14-13-19-10-12-23-14;15-9-5-1-2-6-10-16-13(17)11-7-3-4-8-12(11)14(16)18/h4-5,8-9,14,19H,1-3,6-7,10-13H2;3-4,7-8H,1-2,5-6,9-10H2. The van der Waals surface area contributed by atoms with Crippen molar-refractivity contribution in [1.29, 1.82) is 0 Å². The second-order valence-electron chi connectivity index (χ2n) is 10.6. The number of amides is 4. The summed E-state index contributed by atoms with van der Waals surface area (Å²) in [4.78, 5) is 51.2. The Hall–Kier alpha value is -2.88. The zero-order valence-corrected chi connectivity index (χ0v) is 25.2. The first kappa shape index (κ1) is 31.1. The van der Waals surface area contributed by atoms with Gasteiger partial charge in [-0.3, -0.25) is 29.0 Å². The van der Waals surface area contributed by atoms with E-state index in [-0.39, 0.29) is 23.6 Å². The van der Waals surface area contributed by atoms with E-state index in [4.69, 9.17) is 4.74 Å². The van der Waals surface area contributed by atoms with Crippen LogP contribution in [0.1, 0.15) is 99.2 Å². The van der Waals surface area contributed by atoms with Gasteiger partial charge in [0.05, 0.1) is 35.0 Å². The number of alkyl halides is 1. The Morgan fingerprint density at radius 2 is 1.10 bits per heavy atom. The average Bonchev–Trinajstić information content (AvgIpc) is 3.40. The Morgan fingerprint density at radius 3 is 1.51 bits per heavy atom. The third-order valence-corrected chi connectivity index (χ3v) is 8.24. The van der Waals surface area contributed by atoms with Gasteiger partial charge in [0.25, 0.3) is 23.6 Å². The Balaban J connectivity index is 0.000000195. The molecule has 0 bridgehead atoms. The number of morpholine rings is 1. The molecule has 0 aromatic heterocycles. The van der Waals surface area contributed by atoms with Crippen LogP contribution >= 0.6 is 15.9 Å². The number of fused-ring (bicyclic) bond motifs is 2. The van der Waals surface area contributed by atoms with Crippen LogP contribution in [0.5, 0.6) is 0 Å². The molecule has 5 rings (SSSR count). The Kier molecular flexibility index (Phi) is 12.1. The molecule has 1 atom stereocenters. The van der Waals surface area contributed by atoms with Gasteiger partial charge in [0.2, 0.25) is 0 Å². The number of carbonyl (C=O) groups is 4. The smallest absolute Gasteiger partial charge is 0.261 e. The zero-order valence-electron chi connectivity index (χ0n) is 23.6. The molecule has 9 heteroatoms. The Labute approximate surface area is 250 Å². The van der Waals surface area contributed by atoms with Gasteiger partial charge in [0.1, 0.15) is 0 Å². The number of unbranched alkanes of at least 4 members (excludes halogenated alkanes) is 6. The molecule has 3 aliphatic heterocycles. The van der Waals surface area contributed by atoms with Gasteiger partial charge in [-0.15, -0.1) is 0 Å². The summed E-state index contributed by atoms with van der Waals surface area (Å²) in [5.41, 5.74) is 2.17. The summed E-state index contributed by atoms with van der Waals surface area (Å²) in [5, 5.41) is 4.35. The minimum atomic E-state index is -0.146. The molecule has 2 aromatic carbocycles. The quantitative estimate of drug-likeness (QED) is 0.180. The summed E-state index contributed by atoms with van der Waals surface area (Å²) in [5.74, 6) is -0.577. The maximum atomic E-state index is 12.2. The summed E-state index contributed by atoms with van der Waals surface area (Å²) < 4.78 is 5.67. The molecule has 2 aromatic rings. The van der Waals surface area contributed by atoms with Crippen molar-refractivity contribution < 1.29 is 23.9 Å². The van der Waals surface area contributed by atoms with E-state index in [2.05, 4.69) is 21.2 Å². The van der Waals surface area contributed by atoms with Crippen molar-refractivity contribution in [1.82, 2.24) is 15.1 Å². The summed E-state index contributed by atoms with van der Waals surface area (Å²) >= 11 is 3.39. The van der Waals surface area contributed by atoms with Gasteiger partial charge in [0.15, 0.2) is 0 Å². The molecule has 4 amide bonds. The van der Waals surface area contributed by atoms with Gasteiger partial charge >= 0.3 is 0 Å². The van der Waals surface area contributed by atoms with Crippen molar-refractivity contribution in [2.75, 3.05) is 38.1 Å². The molecule has 0 spiro atoms. The lowest BCUT2D eigenvalue weighted by molar-refractivity contribution is 0.0220. The maximum absolute atomic E-state index is 12.2. The Morgan fingerprint density at radius 1 is 0.659 bits per heavy atom. The molecule has 1 saturated heterocycles. The lowest BCUT2D eigenvalue weighted by Crippen LogP contribution is -2.38. The zero-order chi connectivity index (χ0) is 29.0. The van der Waals surface area contributed by atoms with Crippen LogP contribution in [0.2, 0.25) is 0 Å². The van der Waals surface area contributed by atoms with Gasteiger partial charge < -0.3 is 10.1 Å². The molecular formula is C32H40BrN3O5. The fraction of sp³-hybridized carbons (Fsp3) is 0.500. The lowest BCUT2D eigenvalue weighted by Gasteiger charge is -2.23. The molecule has 220 valence electrons. The average molecular weight is 627 g/mol. The maximum Gasteiger partial charge on any atom is 0.261 e. The van der Waals surface area contributed by atoms with Crippen molar-refractivity contribution in [3.8, 4) is 0 Å². The summed E-state index contributed by atoms with van der Waals surface area (Å²) in [6.45, 7) is 3.78. The largest absolute Gasteiger partial charge is 0.376 e. The first-order chi connectivity index (χ1) is 20.0. The Bertz CT molecular complexity index is 1140. The highest BCUT2D eigenvalue weighted by Gasteiger charge is 2.35. The molecule has 0 saturated carbocycles. The summed E-state index contributed by atoms with van der Waals surface area (Å²) in [6.07, 6.45) is 9.80. The molecule has 3 aliphatic rings. The van der Waals surface area contributed by atoms with E-state index in [0.717, 1.165) is 82.8 Å². The molecule has 3 heterocycles. The number of nitrogens with one attached hydrogen (secondary N) is 1. The molecule has 1 N–H and O–H groups in total. The van der Waals surface area contributed by atoms with Crippen molar-refractivity contribution in [3.63, 3.8) is 0 Å². The van der Waals surface area contributed by atoms with E-state index in [1.165, 1.54) is 9.80 Å². The number of ether oxygens (including phenoxy) is 1. The second kappa shape index (κ2) is 15.9. The lowest BCUT2D eigenvalue weighted by atomic mass is 10.1.